The summed E-state index contributed by atoms with van der Waals surface area (Å²) in [5.74, 6) is 0.461. The number of nitrogens with zero attached hydrogens (tertiary/aromatic N) is 1. The van der Waals surface area contributed by atoms with Crippen molar-refractivity contribution in [2.24, 2.45) is 0 Å². The molecule has 2 heterocycles. The second kappa shape index (κ2) is 3.10. The van der Waals surface area contributed by atoms with Gasteiger partial charge in [0, 0.05) is 4.70 Å². The zero-order chi connectivity index (χ0) is 10.3. The zero-order valence-electron chi connectivity index (χ0n) is 7.90. The van der Waals surface area contributed by atoms with E-state index in [1.165, 1.54) is 15.0 Å². The number of hydrogen-bond donors (Lipinski definition) is 2. The molecule has 1 aromatic carbocycles. The molecule has 3 aromatic rings. The molecule has 2 aromatic heterocycles. The van der Waals surface area contributed by atoms with Gasteiger partial charge in [-0.15, -0.1) is 11.3 Å². The highest BCUT2D eigenvalue weighted by Crippen LogP contribution is 2.32. The number of aromatic nitrogens is 2. The van der Waals surface area contributed by atoms with Crippen molar-refractivity contribution >= 4 is 27.4 Å². The molecule has 0 saturated carbocycles. The van der Waals surface area contributed by atoms with Crippen molar-refractivity contribution in [3.05, 3.63) is 36.5 Å². The lowest BCUT2D eigenvalue weighted by atomic mass is 10.2. The average molecular weight is 215 g/mol. The zero-order valence-corrected chi connectivity index (χ0v) is 8.71. The Hall–Kier alpha value is -1.81. The Morgan fingerprint density at radius 2 is 2.13 bits per heavy atom. The fourth-order valence-corrected chi connectivity index (χ4v) is 2.60. The molecule has 0 radical (unpaired) electrons. The van der Waals surface area contributed by atoms with Gasteiger partial charge in [-0.25, -0.2) is 4.98 Å². The van der Waals surface area contributed by atoms with E-state index in [1.807, 2.05) is 12.1 Å². The number of thiophene rings is 1. The Labute approximate surface area is 90.6 Å². The van der Waals surface area contributed by atoms with Gasteiger partial charge in [0.05, 0.1) is 16.8 Å². The Bertz CT molecular complexity index is 576. The molecule has 3 nitrogen and oxygen atoms in total. The average Bonchev–Trinajstić information content (AvgIpc) is 2.82. The standard InChI is InChI=1S/C11H9N3S/c12-11-13-6-8(14-11)10-5-7-3-1-2-4-9(7)15-10/h1-6H,(H3,12,13,14). The van der Waals surface area contributed by atoms with Gasteiger partial charge in [-0.3, -0.25) is 0 Å². The third kappa shape index (κ3) is 1.39. The van der Waals surface area contributed by atoms with Crippen LogP contribution in [0.4, 0.5) is 5.95 Å². The fourth-order valence-electron chi connectivity index (χ4n) is 1.58. The van der Waals surface area contributed by atoms with E-state index in [0.717, 1.165) is 5.69 Å². The molecule has 0 spiro atoms. The van der Waals surface area contributed by atoms with E-state index in [1.54, 1.807) is 17.5 Å². The minimum absolute atomic E-state index is 0.461. The van der Waals surface area contributed by atoms with Crippen LogP contribution in [0.3, 0.4) is 0 Å². The van der Waals surface area contributed by atoms with Crippen LogP contribution in [0.25, 0.3) is 20.7 Å². The molecule has 0 fully saturated rings. The fraction of sp³-hybridized carbons (Fsp3) is 0. The molecule has 0 aliphatic carbocycles. The SMILES string of the molecule is Nc1ncc(-c2cc3ccccc3s2)[nH]1. The lowest BCUT2D eigenvalue weighted by Crippen LogP contribution is -1.84. The van der Waals surface area contributed by atoms with Crippen molar-refractivity contribution in [2.75, 3.05) is 5.73 Å². The summed E-state index contributed by atoms with van der Waals surface area (Å²) in [4.78, 5) is 8.19. The maximum absolute atomic E-state index is 5.55. The maximum atomic E-state index is 5.55. The molecule has 0 bridgehead atoms. The summed E-state index contributed by atoms with van der Waals surface area (Å²) in [6, 6.07) is 10.5. The molecular weight excluding hydrogens is 206 g/mol. The third-order valence-electron chi connectivity index (χ3n) is 2.29. The van der Waals surface area contributed by atoms with E-state index in [-0.39, 0.29) is 0 Å². The van der Waals surface area contributed by atoms with Crippen molar-refractivity contribution in [1.29, 1.82) is 0 Å². The summed E-state index contributed by atoms with van der Waals surface area (Å²) in [6.07, 6.45) is 1.76. The van der Waals surface area contributed by atoms with Gasteiger partial charge in [-0.05, 0) is 17.5 Å². The number of aromatic amines is 1. The minimum Gasteiger partial charge on any atom is -0.369 e. The number of nitrogens with one attached hydrogen (secondary N) is 1. The predicted molar refractivity (Wildman–Crippen MR) is 63.8 cm³/mol. The number of imidazole rings is 1. The number of H-pyrrole nitrogens is 1. The molecule has 74 valence electrons. The Morgan fingerprint density at radius 3 is 2.87 bits per heavy atom. The first-order valence-electron chi connectivity index (χ1n) is 4.62. The number of anilines is 1. The lowest BCUT2D eigenvalue weighted by molar-refractivity contribution is 1.33. The monoisotopic (exact) mass is 215 g/mol. The van der Waals surface area contributed by atoms with Crippen LogP contribution in [0.15, 0.2) is 36.5 Å². The van der Waals surface area contributed by atoms with E-state index in [0.29, 0.717) is 5.95 Å². The molecule has 0 unspecified atom stereocenters. The van der Waals surface area contributed by atoms with Gasteiger partial charge in [0.1, 0.15) is 0 Å². The molecule has 0 aliphatic heterocycles. The third-order valence-corrected chi connectivity index (χ3v) is 3.44. The molecule has 0 atom stereocenters. The molecule has 15 heavy (non-hydrogen) atoms. The molecule has 0 amide bonds. The van der Waals surface area contributed by atoms with Crippen LogP contribution in [0.5, 0.6) is 0 Å². The Kier molecular flexibility index (Phi) is 1.76. The van der Waals surface area contributed by atoms with E-state index in [2.05, 4.69) is 28.2 Å². The highest BCUT2D eigenvalue weighted by atomic mass is 32.1. The predicted octanol–water partition coefficient (Wildman–Crippen LogP) is 2.87. The van der Waals surface area contributed by atoms with Gasteiger partial charge in [0.15, 0.2) is 5.95 Å². The summed E-state index contributed by atoms with van der Waals surface area (Å²) in [5, 5.41) is 1.26. The van der Waals surface area contributed by atoms with Crippen LogP contribution in [0.1, 0.15) is 0 Å². The Balaban J connectivity index is 2.19. The summed E-state index contributed by atoms with van der Waals surface area (Å²) < 4.78 is 1.28. The molecule has 0 aliphatic rings. The highest BCUT2D eigenvalue weighted by molar-refractivity contribution is 7.22. The largest absolute Gasteiger partial charge is 0.369 e. The van der Waals surface area contributed by atoms with Gasteiger partial charge in [-0.2, -0.15) is 0 Å². The number of fused-ring (bicyclic) bond motifs is 1. The second-order valence-electron chi connectivity index (χ2n) is 3.33. The molecule has 4 heteroatoms. The number of nitrogens with two attached hydrogens (primary N) is 1. The van der Waals surface area contributed by atoms with Crippen LogP contribution in [0.2, 0.25) is 0 Å². The van der Waals surface area contributed by atoms with Crippen molar-refractivity contribution in [2.45, 2.75) is 0 Å². The second-order valence-corrected chi connectivity index (χ2v) is 4.41. The van der Waals surface area contributed by atoms with Crippen molar-refractivity contribution in [3.8, 4) is 10.6 Å². The van der Waals surface area contributed by atoms with E-state index >= 15 is 0 Å². The van der Waals surface area contributed by atoms with Crippen LogP contribution >= 0.6 is 11.3 Å². The van der Waals surface area contributed by atoms with Crippen LogP contribution in [-0.2, 0) is 0 Å². The van der Waals surface area contributed by atoms with Crippen LogP contribution < -0.4 is 5.73 Å². The number of rotatable bonds is 1. The van der Waals surface area contributed by atoms with Gasteiger partial charge >= 0.3 is 0 Å². The van der Waals surface area contributed by atoms with Crippen LogP contribution in [0, 0.1) is 0 Å². The summed E-state index contributed by atoms with van der Waals surface area (Å²) in [7, 11) is 0. The highest BCUT2D eigenvalue weighted by Gasteiger charge is 2.05. The molecular formula is C11H9N3S. The van der Waals surface area contributed by atoms with Gasteiger partial charge in [-0.1, -0.05) is 18.2 Å². The first kappa shape index (κ1) is 8.49. The number of hydrogen-bond acceptors (Lipinski definition) is 3. The minimum atomic E-state index is 0.461. The first-order valence-corrected chi connectivity index (χ1v) is 5.44. The van der Waals surface area contributed by atoms with E-state index in [4.69, 9.17) is 5.73 Å². The van der Waals surface area contributed by atoms with Gasteiger partial charge in [0.2, 0.25) is 0 Å². The van der Waals surface area contributed by atoms with Gasteiger partial charge in [0.25, 0.3) is 0 Å². The summed E-state index contributed by atoms with van der Waals surface area (Å²) >= 11 is 1.74. The van der Waals surface area contributed by atoms with Crippen LogP contribution in [-0.4, -0.2) is 9.97 Å². The quantitative estimate of drug-likeness (QED) is 0.655. The smallest absolute Gasteiger partial charge is 0.197 e. The normalized spacial score (nSPS) is 10.9. The van der Waals surface area contributed by atoms with E-state index in [9.17, 15) is 0 Å². The van der Waals surface area contributed by atoms with Crippen molar-refractivity contribution in [1.82, 2.24) is 9.97 Å². The topological polar surface area (TPSA) is 54.7 Å². The molecule has 3 rings (SSSR count). The van der Waals surface area contributed by atoms with E-state index < -0.39 is 0 Å². The molecule has 0 saturated heterocycles. The number of nitrogen functional groups attached to an aromatic ring is 1. The molecule has 3 N–H and O–H groups in total. The van der Waals surface area contributed by atoms with Crippen molar-refractivity contribution in [3.63, 3.8) is 0 Å². The Morgan fingerprint density at radius 1 is 1.27 bits per heavy atom. The summed E-state index contributed by atoms with van der Waals surface area (Å²) in [6.45, 7) is 0. The van der Waals surface area contributed by atoms with Gasteiger partial charge < -0.3 is 10.7 Å². The first-order chi connectivity index (χ1) is 7.33. The number of benzene rings is 1. The maximum Gasteiger partial charge on any atom is 0.197 e. The lowest BCUT2D eigenvalue weighted by Gasteiger charge is -1.87. The van der Waals surface area contributed by atoms with Crippen molar-refractivity contribution < 1.29 is 0 Å². The summed E-state index contributed by atoms with van der Waals surface area (Å²) in [5.41, 5.74) is 6.53.